The number of carbonyl (C=O) groups excluding carboxylic acids is 2. The molecule has 0 radical (unpaired) electrons. The first kappa shape index (κ1) is 16.6. The summed E-state index contributed by atoms with van der Waals surface area (Å²) in [5, 5.41) is 13.5. The van der Waals surface area contributed by atoms with Crippen LogP contribution in [0.5, 0.6) is 0 Å². The van der Waals surface area contributed by atoms with Gasteiger partial charge in [0.05, 0.1) is 15.7 Å². The van der Waals surface area contributed by atoms with Gasteiger partial charge in [0.15, 0.2) is 0 Å². The molecule has 8 heteroatoms. The highest BCUT2D eigenvalue weighted by molar-refractivity contribution is 9.11. The number of hydrogen-bond acceptors (Lipinski definition) is 4. The Labute approximate surface area is 128 Å². The van der Waals surface area contributed by atoms with Gasteiger partial charge in [-0.2, -0.15) is 0 Å². The summed E-state index contributed by atoms with van der Waals surface area (Å²) in [6.07, 6.45) is -0.264. The highest BCUT2D eigenvalue weighted by atomic mass is 79.9. The molecule has 1 rings (SSSR count). The van der Waals surface area contributed by atoms with E-state index in [2.05, 4.69) is 26.6 Å². The predicted octanol–water partition coefficient (Wildman–Crippen LogP) is 2.34. The van der Waals surface area contributed by atoms with Crippen molar-refractivity contribution in [2.45, 2.75) is 26.8 Å². The molecular formula is C12H15BrN2O4S. The van der Waals surface area contributed by atoms with E-state index >= 15 is 0 Å². The first-order valence-electron chi connectivity index (χ1n) is 5.76. The van der Waals surface area contributed by atoms with E-state index in [-0.39, 0.29) is 6.42 Å². The van der Waals surface area contributed by atoms with E-state index in [1.807, 2.05) is 12.1 Å². The average molecular weight is 363 g/mol. The van der Waals surface area contributed by atoms with Crippen molar-refractivity contribution in [1.29, 1.82) is 0 Å². The number of nitrogens with one attached hydrogen (secondary N) is 2. The minimum absolute atomic E-state index is 0.264. The molecule has 0 aliphatic heterocycles. The number of halogens is 1. The average Bonchev–Trinajstić information content (AvgIpc) is 2.71. The van der Waals surface area contributed by atoms with E-state index in [0.29, 0.717) is 6.54 Å². The first-order valence-corrected chi connectivity index (χ1v) is 7.37. The first-order chi connectivity index (χ1) is 9.20. The lowest BCUT2D eigenvalue weighted by Gasteiger charge is -2.17. The maximum absolute atomic E-state index is 11.5. The number of carbonyl (C=O) groups is 3. The molecule has 0 atom stereocenters. The molecule has 0 unspecified atom stereocenters. The van der Waals surface area contributed by atoms with Crippen molar-refractivity contribution in [1.82, 2.24) is 10.6 Å². The summed E-state index contributed by atoms with van der Waals surface area (Å²) in [5.41, 5.74) is -1.21. The maximum atomic E-state index is 11.5. The van der Waals surface area contributed by atoms with Crippen molar-refractivity contribution in [3.63, 3.8) is 0 Å². The Kier molecular flexibility index (Phi) is 5.70. The quantitative estimate of drug-likeness (QED) is 0.748. The van der Waals surface area contributed by atoms with E-state index in [0.717, 1.165) is 8.66 Å². The lowest BCUT2D eigenvalue weighted by molar-refractivity contribution is -0.149. The van der Waals surface area contributed by atoms with Crippen LogP contribution >= 0.6 is 27.3 Å². The zero-order valence-corrected chi connectivity index (χ0v) is 13.4. The monoisotopic (exact) mass is 362 g/mol. The molecule has 3 amide bonds. The summed E-state index contributed by atoms with van der Waals surface area (Å²) in [5.74, 6) is -1.71. The van der Waals surface area contributed by atoms with Crippen LogP contribution in [0, 0.1) is 5.41 Å². The molecule has 1 aromatic heterocycles. The van der Waals surface area contributed by atoms with Gasteiger partial charge >= 0.3 is 12.0 Å². The van der Waals surface area contributed by atoms with Gasteiger partial charge in [-0.3, -0.25) is 14.9 Å². The molecule has 20 heavy (non-hydrogen) atoms. The van der Waals surface area contributed by atoms with Crippen molar-refractivity contribution in [3.05, 3.63) is 20.8 Å². The molecule has 0 saturated carbocycles. The Morgan fingerprint density at radius 3 is 2.50 bits per heavy atom. The molecule has 0 fully saturated rings. The van der Waals surface area contributed by atoms with Crippen LogP contribution in [0.4, 0.5) is 4.79 Å². The topological polar surface area (TPSA) is 95.5 Å². The molecule has 0 bridgehead atoms. The summed E-state index contributed by atoms with van der Waals surface area (Å²) < 4.78 is 0.953. The van der Waals surface area contributed by atoms with Crippen molar-refractivity contribution in [2.75, 3.05) is 0 Å². The molecule has 6 nitrogen and oxygen atoms in total. The van der Waals surface area contributed by atoms with Gasteiger partial charge in [-0.05, 0) is 41.9 Å². The van der Waals surface area contributed by atoms with Crippen LogP contribution in [0.1, 0.15) is 25.1 Å². The highest BCUT2D eigenvalue weighted by Crippen LogP contribution is 2.22. The fourth-order valence-electron chi connectivity index (χ4n) is 1.31. The van der Waals surface area contributed by atoms with Crippen molar-refractivity contribution in [3.8, 4) is 0 Å². The van der Waals surface area contributed by atoms with Gasteiger partial charge in [-0.25, -0.2) is 4.79 Å². The third-order valence-corrected chi connectivity index (χ3v) is 4.11. The molecule has 0 aliphatic carbocycles. The van der Waals surface area contributed by atoms with Gasteiger partial charge in [0.2, 0.25) is 5.91 Å². The Bertz CT molecular complexity index is 527. The molecule has 0 saturated heterocycles. The second-order valence-electron chi connectivity index (χ2n) is 4.80. The molecule has 1 heterocycles. The normalized spacial score (nSPS) is 10.9. The number of amides is 3. The van der Waals surface area contributed by atoms with Gasteiger partial charge in [-0.1, -0.05) is 0 Å². The fraction of sp³-hybridized carbons (Fsp3) is 0.417. The van der Waals surface area contributed by atoms with Gasteiger partial charge in [0, 0.05) is 11.3 Å². The standard InChI is InChI=1S/C12H15BrN2O4S/c1-12(2,10(17)18)5-9(16)15-11(19)14-6-7-3-4-8(13)20-7/h3-4H,5-6H2,1-2H3,(H,17,18)(H2,14,15,16,19). The number of carboxylic acid groups (broad SMARTS) is 1. The van der Waals surface area contributed by atoms with Gasteiger partial charge in [-0.15, -0.1) is 11.3 Å². The molecule has 3 N–H and O–H groups in total. The minimum Gasteiger partial charge on any atom is -0.481 e. The van der Waals surface area contributed by atoms with Crippen LogP contribution < -0.4 is 10.6 Å². The SMILES string of the molecule is CC(C)(CC(=O)NC(=O)NCc1ccc(Br)s1)C(=O)O. The number of imide groups is 1. The number of thiophene rings is 1. The van der Waals surface area contributed by atoms with Crippen LogP contribution in [0.15, 0.2) is 15.9 Å². The Morgan fingerprint density at radius 1 is 1.35 bits per heavy atom. The van der Waals surface area contributed by atoms with E-state index < -0.39 is 23.3 Å². The van der Waals surface area contributed by atoms with Crippen LogP contribution in [-0.4, -0.2) is 23.0 Å². The zero-order chi connectivity index (χ0) is 15.3. The molecule has 0 aliphatic rings. The fourth-order valence-corrected chi connectivity index (χ4v) is 2.73. The van der Waals surface area contributed by atoms with Gasteiger partial charge in [0.25, 0.3) is 0 Å². The predicted molar refractivity (Wildman–Crippen MR) is 78.4 cm³/mol. The van der Waals surface area contributed by atoms with E-state index in [1.54, 1.807) is 0 Å². The van der Waals surface area contributed by atoms with E-state index in [9.17, 15) is 14.4 Å². The largest absolute Gasteiger partial charge is 0.481 e. The van der Waals surface area contributed by atoms with Crippen LogP contribution in [-0.2, 0) is 16.1 Å². The number of carboxylic acids is 1. The molecule has 0 aromatic carbocycles. The Hall–Kier alpha value is -1.41. The third kappa shape index (κ3) is 5.30. The van der Waals surface area contributed by atoms with Crippen molar-refractivity contribution < 1.29 is 19.5 Å². The lowest BCUT2D eigenvalue weighted by Crippen LogP contribution is -2.41. The molecule has 0 spiro atoms. The van der Waals surface area contributed by atoms with Gasteiger partial charge in [0.1, 0.15) is 0 Å². The van der Waals surface area contributed by atoms with Crippen LogP contribution in [0.2, 0.25) is 0 Å². The molecule has 110 valence electrons. The molecular weight excluding hydrogens is 348 g/mol. The smallest absolute Gasteiger partial charge is 0.321 e. The number of hydrogen-bond donors (Lipinski definition) is 3. The third-order valence-electron chi connectivity index (χ3n) is 2.49. The maximum Gasteiger partial charge on any atom is 0.321 e. The summed E-state index contributed by atoms with van der Waals surface area (Å²) in [4.78, 5) is 34.8. The van der Waals surface area contributed by atoms with Crippen molar-refractivity contribution >= 4 is 45.2 Å². The summed E-state index contributed by atoms with van der Waals surface area (Å²) in [6, 6.07) is 3.07. The second kappa shape index (κ2) is 6.85. The van der Waals surface area contributed by atoms with Crippen LogP contribution in [0.25, 0.3) is 0 Å². The van der Waals surface area contributed by atoms with Crippen molar-refractivity contribution in [2.24, 2.45) is 5.41 Å². The molecule has 1 aromatic rings. The number of rotatable bonds is 5. The Morgan fingerprint density at radius 2 is 2.00 bits per heavy atom. The highest BCUT2D eigenvalue weighted by Gasteiger charge is 2.30. The Balaban J connectivity index is 2.39. The van der Waals surface area contributed by atoms with E-state index in [4.69, 9.17) is 5.11 Å². The van der Waals surface area contributed by atoms with Gasteiger partial charge < -0.3 is 10.4 Å². The summed E-state index contributed by atoms with van der Waals surface area (Å²) >= 11 is 4.78. The lowest BCUT2D eigenvalue weighted by atomic mass is 9.89. The summed E-state index contributed by atoms with van der Waals surface area (Å²) in [6.45, 7) is 3.16. The minimum atomic E-state index is -1.21. The summed E-state index contributed by atoms with van der Waals surface area (Å²) in [7, 11) is 0. The number of aliphatic carboxylic acids is 1. The number of urea groups is 1. The van der Waals surface area contributed by atoms with Crippen LogP contribution in [0.3, 0.4) is 0 Å². The zero-order valence-electron chi connectivity index (χ0n) is 11.0. The second-order valence-corrected chi connectivity index (χ2v) is 7.35. The van der Waals surface area contributed by atoms with E-state index in [1.165, 1.54) is 25.2 Å².